The number of aliphatic imine (C=N–C) groups is 1. The topological polar surface area (TPSA) is 47.9 Å². The zero-order valence-corrected chi connectivity index (χ0v) is 13.6. The van der Waals surface area contributed by atoms with Gasteiger partial charge in [0, 0.05) is 11.1 Å². The summed E-state index contributed by atoms with van der Waals surface area (Å²) in [6, 6.07) is 16.3. The van der Waals surface area contributed by atoms with Crippen LogP contribution in [0.15, 0.2) is 65.0 Å². The van der Waals surface area contributed by atoms with Crippen LogP contribution in [0.4, 0.5) is 0 Å². The van der Waals surface area contributed by atoms with Gasteiger partial charge in [0.1, 0.15) is 5.76 Å². The molecule has 0 unspecified atom stereocenters. The Bertz CT molecular complexity index is 850. The van der Waals surface area contributed by atoms with Crippen molar-refractivity contribution in [2.24, 2.45) is 4.99 Å². The van der Waals surface area contributed by atoms with Crippen LogP contribution in [0.2, 0.25) is 0 Å². The van der Waals surface area contributed by atoms with E-state index in [-0.39, 0.29) is 5.70 Å². The Balaban J connectivity index is 1.86. The average Bonchev–Trinajstić information content (AvgIpc) is 2.86. The zero-order chi connectivity index (χ0) is 16.7. The molecule has 1 aliphatic heterocycles. The van der Waals surface area contributed by atoms with Gasteiger partial charge in [-0.25, -0.2) is 9.79 Å². The van der Waals surface area contributed by atoms with Gasteiger partial charge in [-0.05, 0) is 25.0 Å². The number of esters is 1. The number of fused-ring (bicyclic) bond motifs is 5. The fraction of sp³-hybridized carbons (Fsp3) is 0.200. The van der Waals surface area contributed by atoms with Gasteiger partial charge in [0.2, 0.25) is 0 Å². The first-order valence-corrected chi connectivity index (χ1v) is 7.99. The molecule has 0 saturated heterocycles. The molecule has 2 aromatic rings. The number of allylic oxidation sites excluding steroid dienone is 1. The second-order valence-electron chi connectivity index (χ2n) is 5.81. The van der Waals surface area contributed by atoms with E-state index in [0.29, 0.717) is 12.4 Å². The van der Waals surface area contributed by atoms with Crippen molar-refractivity contribution >= 4 is 12.2 Å². The van der Waals surface area contributed by atoms with E-state index in [0.717, 1.165) is 22.3 Å². The molecule has 0 amide bonds. The van der Waals surface area contributed by atoms with Crippen molar-refractivity contribution in [3.63, 3.8) is 0 Å². The molecule has 0 saturated carbocycles. The second-order valence-corrected chi connectivity index (χ2v) is 5.81. The van der Waals surface area contributed by atoms with Crippen molar-refractivity contribution in [2.45, 2.75) is 19.4 Å². The maximum absolute atomic E-state index is 12.0. The highest BCUT2D eigenvalue weighted by Crippen LogP contribution is 2.50. The van der Waals surface area contributed by atoms with Crippen LogP contribution in [0.5, 0.6) is 0 Å². The number of hydrogen-bond acceptors (Lipinski definition) is 4. The average molecular weight is 319 g/mol. The van der Waals surface area contributed by atoms with Crippen LogP contribution in [-0.4, -0.2) is 18.8 Å². The minimum absolute atomic E-state index is 0.226. The second kappa shape index (κ2) is 5.34. The van der Waals surface area contributed by atoms with E-state index in [1.54, 1.807) is 20.1 Å². The van der Waals surface area contributed by atoms with Crippen LogP contribution in [0.25, 0.3) is 11.1 Å². The minimum atomic E-state index is -0.784. The predicted molar refractivity (Wildman–Crippen MR) is 91.6 cm³/mol. The van der Waals surface area contributed by atoms with Crippen molar-refractivity contribution in [3.05, 3.63) is 71.1 Å². The SMILES string of the molecule is CCOC(=O)C1=C(C)OC2(C=N1)c1ccccc1-c1ccccc12. The van der Waals surface area contributed by atoms with Gasteiger partial charge >= 0.3 is 5.97 Å². The molecule has 0 aromatic heterocycles. The molecular weight excluding hydrogens is 302 g/mol. The van der Waals surface area contributed by atoms with Gasteiger partial charge in [0.05, 0.1) is 12.8 Å². The van der Waals surface area contributed by atoms with Crippen LogP contribution >= 0.6 is 0 Å². The van der Waals surface area contributed by atoms with Crippen LogP contribution in [0.1, 0.15) is 25.0 Å². The van der Waals surface area contributed by atoms with E-state index in [1.165, 1.54) is 0 Å². The predicted octanol–water partition coefficient (Wildman–Crippen LogP) is 3.81. The summed E-state index contributed by atoms with van der Waals surface area (Å²) >= 11 is 0. The highest BCUT2D eigenvalue weighted by Gasteiger charge is 2.46. The van der Waals surface area contributed by atoms with Crippen molar-refractivity contribution in [3.8, 4) is 11.1 Å². The molecule has 2 aromatic carbocycles. The number of rotatable bonds is 2. The molecule has 0 bridgehead atoms. The number of hydrogen-bond donors (Lipinski definition) is 0. The normalized spacial score (nSPS) is 16.6. The maximum Gasteiger partial charge on any atom is 0.360 e. The van der Waals surface area contributed by atoms with E-state index >= 15 is 0 Å². The van der Waals surface area contributed by atoms with E-state index in [4.69, 9.17) is 9.47 Å². The molecule has 1 aliphatic carbocycles. The number of carbonyl (C=O) groups excluding carboxylic acids is 1. The maximum atomic E-state index is 12.0. The summed E-state index contributed by atoms with van der Waals surface area (Å²) in [5.74, 6) is 0.0168. The molecule has 4 nitrogen and oxygen atoms in total. The molecule has 0 N–H and O–H groups in total. The van der Waals surface area contributed by atoms with Gasteiger partial charge in [-0.2, -0.15) is 0 Å². The molecule has 1 heterocycles. The summed E-state index contributed by atoms with van der Waals surface area (Å²) in [7, 11) is 0. The lowest BCUT2D eigenvalue weighted by Gasteiger charge is -2.32. The molecule has 4 heteroatoms. The van der Waals surface area contributed by atoms with E-state index in [1.807, 2.05) is 36.4 Å². The third-order valence-corrected chi connectivity index (χ3v) is 4.44. The van der Waals surface area contributed by atoms with Crippen molar-refractivity contribution in [1.82, 2.24) is 0 Å². The van der Waals surface area contributed by atoms with E-state index in [2.05, 4.69) is 17.1 Å². The Hall–Kier alpha value is -2.88. The van der Waals surface area contributed by atoms with Gasteiger partial charge < -0.3 is 9.47 Å². The largest absolute Gasteiger partial charge is 0.474 e. The zero-order valence-electron chi connectivity index (χ0n) is 13.6. The Morgan fingerprint density at radius 2 is 1.67 bits per heavy atom. The first-order chi connectivity index (χ1) is 11.7. The molecule has 2 aliphatic rings. The Morgan fingerprint density at radius 1 is 1.08 bits per heavy atom. The van der Waals surface area contributed by atoms with Gasteiger partial charge in [-0.1, -0.05) is 48.5 Å². The highest BCUT2D eigenvalue weighted by molar-refractivity contribution is 5.97. The molecule has 0 radical (unpaired) electrons. The summed E-state index contributed by atoms with van der Waals surface area (Å²) in [5, 5.41) is 0. The summed E-state index contributed by atoms with van der Waals surface area (Å²) in [6.45, 7) is 3.84. The van der Waals surface area contributed by atoms with Gasteiger partial charge in [0.25, 0.3) is 0 Å². The van der Waals surface area contributed by atoms with Crippen molar-refractivity contribution < 1.29 is 14.3 Å². The lowest BCUT2D eigenvalue weighted by Crippen LogP contribution is -2.34. The number of ether oxygens (including phenoxy) is 2. The third-order valence-electron chi connectivity index (χ3n) is 4.44. The highest BCUT2D eigenvalue weighted by atomic mass is 16.5. The molecule has 1 spiro atoms. The van der Waals surface area contributed by atoms with Crippen molar-refractivity contribution in [2.75, 3.05) is 6.61 Å². The van der Waals surface area contributed by atoms with Crippen LogP contribution in [0.3, 0.4) is 0 Å². The summed E-state index contributed by atoms with van der Waals surface area (Å²) in [6.07, 6.45) is 1.72. The Kier molecular flexibility index (Phi) is 3.27. The van der Waals surface area contributed by atoms with Gasteiger partial charge in [0.15, 0.2) is 11.3 Å². The summed E-state index contributed by atoms with van der Waals surface area (Å²) < 4.78 is 11.3. The molecule has 0 atom stereocenters. The first-order valence-electron chi connectivity index (χ1n) is 7.99. The molecule has 0 fully saturated rings. The van der Waals surface area contributed by atoms with Crippen LogP contribution < -0.4 is 0 Å². The molecular formula is C20H17NO3. The summed E-state index contributed by atoms with van der Waals surface area (Å²) in [5.41, 5.74) is 3.78. The monoisotopic (exact) mass is 319 g/mol. The number of carbonyl (C=O) groups is 1. The third kappa shape index (κ3) is 1.92. The number of nitrogens with zero attached hydrogens (tertiary/aromatic N) is 1. The van der Waals surface area contributed by atoms with E-state index < -0.39 is 11.6 Å². The smallest absolute Gasteiger partial charge is 0.360 e. The van der Waals surface area contributed by atoms with Gasteiger partial charge in [-0.3, -0.25) is 0 Å². The Labute approximate surface area is 140 Å². The molecule has 4 rings (SSSR count). The van der Waals surface area contributed by atoms with Crippen LogP contribution in [-0.2, 0) is 19.9 Å². The quantitative estimate of drug-likeness (QED) is 0.791. The fourth-order valence-electron chi connectivity index (χ4n) is 3.44. The standard InChI is InChI=1S/C20H17NO3/c1-3-23-19(22)18-13(2)24-20(12-21-18)16-10-6-4-8-14(16)15-9-5-7-11-17(15)20/h4-12H,3H2,1-2H3. The number of benzene rings is 2. The summed E-state index contributed by atoms with van der Waals surface area (Å²) in [4.78, 5) is 16.4. The fourth-order valence-corrected chi connectivity index (χ4v) is 3.44. The molecule has 24 heavy (non-hydrogen) atoms. The van der Waals surface area contributed by atoms with Crippen LogP contribution in [0, 0.1) is 0 Å². The van der Waals surface area contributed by atoms with E-state index in [9.17, 15) is 4.79 Å². The molecule has 120 valence electrons. The lowest BCUT2D eigenvalue weighted by atomic mass is 9.91. The minimum Gasteiger partial charge on any atom is -0.474 e. The van der Waals surface area contributed by atoms with Gasteiger partial charge in [-0.15, -0.1) is 0 Å². The lowest BCUT2D eigenvalue weighted by molar-refractivity contribution is -0.139. The Morgan fingerprint density at radius 3 is 2.21 bits per heavy atom. The van der Waals surface area contributed by atoms with Crippen molar-refractivity contribution in [1.29, 1.82) is 0 Å². The first kappa shape index (κ1) is 14.7.